The first-order chi connectivity index (χ1) is 19.4. The maximum Gasteiger partial charge on any atom is 0.335 e. The van der Waals surface area contributed by atoms with Crippen molar-refractivity contribution < 1.29 is 14.6 Å². The van der Waals surface area contributed by atoms with Crippen LogP contribution in [0.4, 0.5) is 0 Å². The molecule has 0 fully saturated rings. The van der Waals surface area contributed by atoms with Crippen molar-refractivity contribution >= 4 is 17.0 Å². The first-order valence-electron chi connectivity index (χ1n) is 12.8. The first-order valence-corrected chi connectivity index (χ1v) is 12.8. The van der Waals surface area contributed by atoms with Crippen molar-refractivity contribution in [2.45, 2.75) is 20.0 Å². The smallest absolute Gasteiger partial charge is 0.335 e. The second-order valence-corrected chi connectivity index (χ2v) is 9.56. The molecule has 0 unspecified atom stereocenters. The molecule has 3 aromatic heterocycles. The van der Waals surface area contributed by atoms with Crippen molar-refractivity contribution in [1.29, 1.82) is 0 Å². The molecule has 0 saturated heterocycles. The van der Waals surface area contributed by atoms with Crippen LogP contribution in [0.1, 0.15) is 24.2 Å². The van der Waals surface area contributed by atoms with Crippen LogP contribution in [0.15, 0.2) is 104 Å². The SMILES string of the molecule is CC(C)Oc1ccc(-c2ccc(-c3cc(-c4ccc5nccnc5c4)nn3-c3cc(C(=O)O)ccn3)cc2)cc1. The zero-order valence-electron chi connectivity index (χ0n) is 21.9. The van der Waals surface area contributed by atoms with Gasteiger partial charge in [0.1, 0.15) is 5.75 Å². The minimum atomic E-state index is -1.03. The van der Waals surface area contributed by atoms with Gasteiger partial charge in [-0.3, -0.25) is 9.97 Å². The number of ether oxygens (including phenoxy) is 1. The number of aromatic carboxylic acids is 1. The molecule has 3 heterocycles. The molecular formula is C32H25N5O3. The summed E-state index contributed by atoms with van der Waals surface area (Å²) < 4.78 is 7.44. The molecule has 0 spiro atoms. The number of carboxylic acid groups (broad SMARTS) is 1. The summed E-state index contributed by atoms with van der Waals surface area (Å²) in [5.41, 5.74) is 7.07. The van der Waals surface area contributed by atoms with E-state index < -0.39 is 5.97 Å². The number of fused-ring (bicyclic) bond motifs is 1. The number of rotatable bonds is 7. The van der Waals surface area contributed by atoms with Crippen LogP contribution in [-0.2, 0) is 0 Å². The van der Waals surface area contributed by atoms with Gasteiger partial charge in [0.05, 0.1) is 34.1 Å². The summed E-state index contributed by atoms with van der Waals surface area (Å²) in [4.78, 5) is 24.9. The molecule has 0 aliphatic heterocycles. The Morgan fingerprint density at radius 2 is 1.38 bits per heavy atom. The zero-order chi connectivity index (χ0) is 27.6. The summed E-state index contributed by atoms with van der Waals surface area (Å²) >= 11 is 0. The Kier molecular flexibility index (Phi) is 6.49. The summed E-state index contributed by atoms with van der Waals surface area (Å²) in [6.45, 7) is 4.01. The highest BCUT2D eigenvalue weighted by Crippen LogP contribution is 2.31. The summed E-state index contributed by atoms with van der Waals surface area (Å²) in [6, 6.07) is 26.9. The lowest BCUT2D eigenvalue weighted by molar-refractivity contribution is 0.0696. The normalized spacial score (nSPS) is 11.2. The second kappa shape index (κ2) is 10.4. The third-order valence-electron chi connectivity index (χ3n) is 6.42. The van der Waals surface area contributed by atoms with Gasteiger partial charge in [0, 0.05) is 29.7 Å². The van der Waals surface area contributed by atoms with Crippen molar-refractivity contribution in [2.24, 2.45) is 0 Å². The zero-order valence-corrected chi connectivity index (χ0v) is 21.9. The largest absolute Gasteiger partial charge is 0.491 e. The van der Waals surface area contributed by atoms with Gasteiger partial charge in [0.2, 0.25) is 0 Å². The van der Waals surface area contributed by atoms with E-state index in [1.165, 1.54) is 18.3 Å². The number of pyridine rings is 1. The van der Waals surface area contributed by atoms with Gasteiger partial charge in [0.15, 0.2) is 5.82 Å². The molecule has 6 aromatic rings. The molecule has 0 amide bonds. The fourth-order valence-electron chi connectivity index (χ4n) is 4.52. The van der Waals surface area contributed by atoms with Gasteiger partial charge in [-0.1, -0.05) is 42.5 Å². The molecule has 3 aromatic carbocycles. The van der Waals surface area contributed by atoms with Crippen LogP contribution < -0.4 is 4.74 Å². The maximum atomic E-state index is 11.7. The molecule has 0 radical (unpaired) electrons. The van der Waals surface area contributed by atoms with Gasteiger partial charge in [0.25, 0.3) is 0 Å². The molecule has 196 valence electrons. The van der Waals surface area contributed by atoms with Crippen molar-refractivity contribution in [3.05, 3.63) is 109 Å². The Balaban J connectivity index is 1.41. The molecular weight excluding hydrogens is 502 g/mol. The lowest BCUT2D eigenvalue weighted by atomic mass is 10.0. The molecule has 1 N–H and O–H groups in total. The summed E-state index contributed by atoms with van der Waals surface area (Å²) in [6.07, 6.45) is 4.91. The number of nitrogens with zero attached hydrogens (tertiary/aromatic N) is 5. The van der Waals surface area contributed by atoms with Crippen LogP contribution in [-0.4, -0.2) is 41.9 Å². The quantitative estimate of drug-likeness (QED) is 0.246. The van der Waals surface area contributed by atoms with Gasteiger partial charge >= 0.3 is 5.97 Å². The molecule has 0 bridgehead atoms. The van der Waals surface area contributed by atoms with Crippen LogP contribution in [0.3, 0.4) is 0 Å². The van der Waals surface area contributed by atoms with Gasteiger partial charge < -0.3 is 9.84 Å². The van der Waals surface area contributed by atoms with E-state index in [2.05, 4.69) is 27.1 Å². The highest BCUT2D eigenvalue weighted by molar-refractivity contribution is 5.88. The number of benzene rings is 3. The van der Waals surface area contributed by atoms with Crippen molar-refractivity contribution in [1.82, 2.24) is 24.7 Å². The highest BCUT2D eigenvalue weighted by atomic mass is 16.5. The molecule has 8 nitrogen and oxygen atoms in total. The van der Waals surface area contributed by atoms with Gasteiger partial charge in [-0.2, -0.15) is 5.10 Å². The third-order valence-corrected chi connectivity index (χ3v) is 6.42. The molecule has 0 aliphatic carbocycles. The Hall–Kier alpha value is -5.37. The number of aromatic nitrogens is 5. The van der Waals surface area contributed by atoms with E-state index in [4.69, 9.17) is 9.84 Å². The van der Waals surface area contributed by atoms with Crippen molar-refractivity contribution in [3.63, 3.8) is 0 Å². The predicted molar refractivity (Wildman–Crippen MR) is 153 cm³/mol. The van der Waals surface area contributed by atoms with Gasteiger partial charge in [-0.05, 0) is 67.4 Å². The Bertz CT molecular complexity index is 1830. The van der Waals surface area contributed by atoms with Crippen molar-refractivity contribution in [3.8, 4) is 45.2 Å². The average molecular weight is 528 g/mol. The lowest BCUT2D eigenvalue weighted by Gasteiger charge is -2.11. The van der Waals surface area contributed by atoms with Crippen LogP contribution in [0, 0.1) is 0 Å². The standard InChI is InChI=1S/C32H25N5O3/c1-20(2)40-26-10-7-22(8-11-26)21-3-5-23(6-4-21)30-19-28(24-9-12-27-29(17-24)34-16-15-33-27)36-37(30)31-18-25(32(38)39)13-14-35-31/h3-20H,1-2H3,(H,38,39). The summed E-state index contributed by atoms with van der Waals surface area (Å²) in [5, 5.41) is 14.4. The van der Waals surface area contributed by atoms with E-state index in [9.17, 15) is 9.90 Å². The maximum absolute atomic E-state index is 11.7. The van der Waals surface area contributed by atoms with E-state index in [0.717, 1.165) is 44.7 Å². The number of hydrogen-bond acceptors (Lipinski definition) is 6. The van der Waals surface area contributed by atoms with Crippen LogP contribution >= 0.6 is 0 Å². The first kappa shape index (κ1) is 24.9. The van der Waals surface area contributed by atoms with E-state index >= 15 is 0 Å². The molecule has 8 heteroatoms. The number of hydrogen-bond donors (Lipinski definition) is 1. The van der Waals surface area contributed by atoms with E-state index in [1.807, 2.05) is 74.5 Å². The average Bonchev–Trinajstić information content (AvgIpc) is 3.43. The minimum absolute atomic E-state index is 0.119. The lowest BCUT2D eigenvalue weighted by Crippen LogP contribution is -2.05. The molecule has 0 atom stereocenters. The summed E-state index contributed by atoms with van der Waals surface area (Å²) in [7, 11) is 0. The van der Waals surface area contributed by atoms with Crippen LogP contribution in [0.2, 0.25) is 0 Å². The number of carbonyl (C=O) groups is 1. The molecule has 6 rings (SSSR count). The molecule has 0 saturated carbocycles. The third kappa shape index (κ3) is 5.02. The molecule has 40 heavy (non-hydrogen) atoms. The van der Waals surface area contributed by atoms with Gasteiger partial charge in [-0.15, -0.1) is 0 Å². The summed E-state index contributed by atoms with van der Waals surface area (Å²) in [5.74, 6) is 0.217. The molecule has 0 aliphatic rings. The van der Waals surface area contributed by atoms with E-state index in [1.54, 1.807) is 17.1 Å². The Morgan fingerprint density at radius 3 is 2.08 bits per heavy atom. The van der Waals surface area contributed by atoms with E-state index in [0.29, 0.717) is 11.5 Å². The van der Waals surface area contributed by atoms with Crippen LogP contribution in [0.25, 0.3) is 50.5 Å². The predicted octanol–water partition coefficient (Wildman–Crippen LogP) is 6.70. The number of carboxylic acids is 1. The Labute approximate surface area is 230 Å². The van der Waals surface area contributed by atoms with Crippen molar-refractivity contribution in [2.75, 3.05) is 0 Å². The second-order valence-electron chi connectivity index (χ2n) is 9.56. The monoisotopic (exact) mass is 527 g/mol. The fraction of sp³-hybridized carbons (Fsp3) is 0.0938. The highest BCUT2D eigenvalue weighted by Gasteiger charge is 2.16. The fourth-order valence-corrected chi connectivity index (χ4v) is 4.52. The van der Waals surface area contributed by atoms with Crippen LogP contribution in [0.5, 0.6) is 5.75 Å². The van der Waals surface area contributed by atoms with Gasteiger partial charge in [-0.25, -0.2) is 14.5 Å². The topological polar surface area (TPSA) is 103 Å². The Morgan fingerprint density at radius 1 is 0.725 bits per heavy atom. The minimum Gasteiger partial charge on any atom is -0.491 e. The van der Waals surface area contributed by atoms with E-state index in [-0.39, 0.29) is 11.7 Å².